The van der Waals surface area contributed by atoms with E-state index in [1.807, 2.05) is 13.8 Å². The number of halogens is 1. The topological polar surface area (TPSA) is 26.3 Å². The molecule has 2 nitrogen and oxygen atoms in total. The van der Waals surface area contributed by atoms with Gasteiger partial charge in [0.1, 0.15) is 0 Å². The van der Waals surface area contributed by atoms with Crippen molar-refractivity contribution in [2.75, 3.05) is 7.11 Å². The summed E-state index contributed by atoms with van der Waals surface area (Å²) in [6.07, 6.45) is 1.58. The number of rotatable bonds is 4. The Hall–Kier alpha value is -1.64. The average molecular weight is 222 g/mol. The highest BCUT2D eigenvalue weighted by molar-refractivity contribution is 5.91. The molecule has 86 valence electrons. The summed E-state index contributed by atoms with van der Waals surface area (Å²) in [7, 11) is 1.40. The summed E-state index contributed by atoms with van der Waals surface area (Å²) in [5.74, 6) is -0.393. The van der Waals surface area contributed by atoms with Crippen LogP contribution in [0.2, 0.25) is 0 Å². The summed E-state index contributed by atoms with van der Waals surface area (Å²) in [5, 5.41) is 0. The molecule has 0 amide bonds. The number of hydrogen-bond donors (Lipinski definition) is 0. The van der Waals surface area contributed by atoms with Gasteiger partial charge in [0.25, 0.3) is 0 Å². The largest absolute Gasteiger partial charge is 0.494 e. The van der Waals surface area contributed by atoms with Crippen molar-refractivity contribution >= 4 is 5.78 Å². The third kappa shape index (κ3) is 3.19. The van der Waals surface area contributed by atoms with E-state index in [1.165, 1.54) is 19.3 Å². The number of ether oxygens (including phenoxy) is 1. The van der Waals surface area contributed by atoms with Crippen LogP contribution in [0.15, 0.2) is 29.8 Å². The fourth-order valence-corrected chi connectivity index (χ4v) is 1.41. The Bertz CT molecular complexity index is 418. The molecular formula is C13H15FO2. The first-order valence-electron chi connectivity index (χ1n) is 5.03. The second kappa shape index (κ2) is 5.45. The van der Waals surface area contributed by atoms with Gasteiger partial charge in [-0.1, -0.05) is 17.7 Å². The van der Waals surface area contributed by atoms with Gasteiger partial charge in [-0.05, 0) is 31.6 Å². The summed E-state index contributed by atoms with van der Waals surface area (Å²) in [6, 6.07) is 4.80. The second-order valence-corrected chi connectivity index (χ2v) is 3.80. The first-order chi connectivity index (χ1) is 7.54. The molecule has 0 aliphatic heterocycles. The summed E-state index contributed by atoms with van der Waals surface area (Å²) < 4.78 is 18.5. The summed E-state index contributed by atoms with van der Waals surface area (Å²) in [6.45, 7) is 3.67. The van der Waals surface area contributed by atoms with E-state index in [0.29, 0.717) is 5.56 Å². The Labute approximate surface area is 94.7 Å². The summed E-state index contributed by atoms with van der Waals surface area (Å²) in [4.78, 5) is 11.5. The highest BCUT2D eigenvalue weighted by Gasteiger charge is 2.10. The molecule has 0 saturated carbocycles. The van der Waals surface area contributed by atoms with Crippen LogP contribution in [-0.4, -0.2) is 12.9 Å². The summed E-state index contributed by atoms with van der Waals surface area (Å²) >= 11 is 0. The van der Waals surface area contributed by atoms with E-state index in [-0.39, 0.29) is 18.0 Å². The molecule has 1 aromatic rings. The lowest BCUT2D eigenvalue weighted by Gasteiger charge is -2.05. The van der Waals surface area contributed by atoms with Crippen molar-refractivity contribution in [3.8, 4) is 5.75 Å². The minimum Gasteiger partial charge on any atom is -0.494 e. The number of benzene rings is 1. The molecule has 0 N–H and O–H groups in total. The number of carbonyl (C=O) groups excluding carboxylic acids is 1. The van der Waals surface area contributed by atoms with Gasteiger partial charge >= 0.3 is 0 Å². The molecule has 0 aliphatic carbocycles. The van der Waals surface area contributed by atoms with Crippen LogP contribution in [0.25, 0.3) is 0 Å². The van der Waals surface area contributed by atoms with Crippen LogP contribution in [0.4, 0.5) is 4.39 Å². The van der Waals surface area contributed by atoms with E-state index in [4.69, 9.17) is 4.74 Å². The average Bonchev–Trinajstić information content (AvgIpc) is 2.20. The van der Waals surface area contributed by atoms with E-state index in [2.05, 4.69) is 0 Å². The number of hydrogen-bond acceptors (Lipinski definition) is 2. The third-order valence-corrected chi connectivity index (χ3v) is 2.08. The third-order valence-electron chi connectivity index (χ3n) is 2.08. The Kier molecular flexibility index (Phi) is 4.23. The van der Waals surface area contributed by atoms with Gasteiger partial charge in [-0.3, -0.25) is 4.79 Å². The van der Waals surface area contributed by atoms with Crippen molar-refractivity contribution in [3.05, 3.63) is 41.2 Å². The van der Waals surface area contributed by atoms with Crippen LogP contribution >= 0.6 is 0 Å². The SMILES string of the molecule is COc1cccc(CC(=O)C=C(C)C)c1F. The maximum atomic E-state index is 13.7. The van der Waals surface area contributed by atoms with Crippen molar-refractivity contribution < 1.29 is 13.9 Å². The monoisotopic (exact) mass is 222 g/mol. The van der Waals surface area contributed by atoms with Gasteiger partial charge < -0.3 is 4.74 Å². The van der Waals surface area contributed by atoms with E-state index >= 15 is 0 Å². The maximum absolute atomic E-state index is 13.7. The van der Waals surface area contributed by atoms with Gasteiger partial charge in [-0.25, -0.2) is 4.39 Å². The van der Waals surface area contributed by atoms with Crippen LogP contribution in [-0.2, 0) is 11.2 Å². The smallest absolute Gasteiger partial charge is 0.168 e. The first-order valence-corrected chi connectivity index (χ1v) is 5.03. The first kappa shape index (κ1) is 12.4. The predicted octanol–water partition coefficient (Wildman–Crippen LogP) is 2.91. The molecule has 0 aromatic heterocycles. The molecule has 0 fully saturated rings. The van der Waals surface area contributed by atoms with Crippen LogP contribution in [0, 0.1) is 5.82 Å². The quantitative estimate of drug-likeness (QED) is 0.732. The molecule has 0 aliphatic rings. The van der Waals surface area contributed by atoms with Gasteiger partial charge in [0, 0.05) is 6.42 Å². The molecule has 0 radical (unpaired) electrons. The fraction of sp³-hybridized carbons (Fsp3) is 0.308. The van der Waals surface area contributed by atoms with Crippen LogP contribution in [0.3, 0.4) is 0 Å². The molecule has 1 aromatic carbocycles. The Morgan fingerprint density at radius 1 is 1.44 bits per heavy atom. The second-order valence-electron chi connectivity index (χ2n) is 3.80. The molecule has 0 saturated heterocycles. The molecule has 1 rings (SSSR count). The molecule has 0 unspecified atom stereocenters. The van der Waals surface area contributed by atoms with Crippen LogP contribution in [0.5, 0.6) is 5.75 Å². The van der Waals surface area contributed by atoms with Crippen molar-refractivity contribution in [2.45, 2.75) is 20.3 Å². The molecular weight excluding hydrogens is 207 g/mol. The molecule has 0 heterocycles. The van der Waals surface area contributed by atoms with Crippen molar-refractivity contribution in [2.24, 2.45) is 0 Å². The number of allylic oxidation sites excluding steroid dienone is 2. The van der Waals surface area contributed by atoms with Gasteiger partial charge in [-0.15, -0.1) is 0 Å². The van der Waals surface area contributed by atoms with Crippen LogP contribution < -0.4 is 4.74 Å². The Balaban J connectivity index is 2.90. The minimum atomic E-state index is -0.458. The maximum Gasteiger partial charge on any atom is 0.168 e. The molecule has 16 heavy (non-hydrogen) atoms. The molecule has 0 atom stereocenters. The Morgan fingerprint density at radius 3 is 2.69 bits per heavy atom. The van der Waals surface area contributed by atoms with E-state index < -0.39 is 5.82 Å². The normalized spacial score (nSPS) is 9.75. The van der Waals surface area contributed by atoms with Gasteiger partial charge in [0.15, 0.2) is 17.3 Å². The van der Waals surface area contributed by atoms with E-state index in [1.54, 1.807) is 12.1 Å². The van der Waals surface area contributed by atoms with Gasteiger partial charge in [0.05, 0.1) is 7.11 Å². The van der Waals surface area contributed by atoms with Gasteiger partial charge in [-0.2, -0.15) is 0 Å². The zero-order chi connectivity index (χ0) is 12.1. The van der Waals surface area contributed by atoms with Crippen molar-refractivity contribution in [3.63, 3.8) is 0 Å². The number of ketones is 1. The highest BCUT2D eigenvalue weighted by Crippen LogP contribution is 2.20. The predicted molar refractivity (Wildman–Crippen MR) is 61.1 cm³/mol. The standard InChI is InChI=1S/C13H15FO2/c1-9(2)7-11(15)8-10-5-4-6-12(16-3)13(10)14/h4-7H,8H2,1-3H3. The molecule has 3 heteroatoms. The molecule has 0 spiro atoms. The minimum absolute atomic E-state index is 0.0637. The zero-order valence-electron chi connectivity index (χ0n) is 9.71. The number of carbonyl (C=O) groups is 1. The van der Waals surface area contributed by atoms with E-state index in [9.17, 15) is 9.18 Å². The zero-order valence-corrected chi connectivity index (χ0v) is 9.71. The number of methoxy groups -OCH3 is 1. The van der Waals surface area contributed by atoms with Crippen LogP contribution in [0.1, 0.15) is 19.4 Å². The van der Waals surface area contributed by atoms with Crippen molar-refractivity contribution in [1.82, 2.24) is 0 Å². The fourth-order valence-electron chi connectivity index (χ4n) is 1.41. The highest BCUT2D eigenvalue weighted by atomic mass is 19.1. The lowest BCUT2D eigenvalue weighted by Crippen LogP contribution is -2.03. The lowest BCUT2D eigenvalue weighted by molar-refractivity contribution is -0.114. The molecule has 0 bridgehead atoms. The van der Waals surface area contributed by atoms with E-state index in [0.717, 1.165) is 5.57 Å². The summed E-state index contributed by atoms with van der Waals surface area (Å²) in [5.41, 5.74) is 1.27. The lowest BCUT2D eigenvalue weighted by atomic mass is 10.1. The van der Waals surface area contributed by atoms with Crippen molar-refractivity contribution in [1.29, 1.82) is 0 Å². The van der Waals surface area contributed by atoms with Gasteiger partial charge in [0.2, 0.25) is 0 Å². The Morgan fingerprint density at radius 2 is 2.12 bits per heavy atom.